The molecule has 0 saturated heterocycles. The highest BCUT2D eigenvalue weighted by Crippen LogP contribution is 2.28. The zero-order valence-corrected chi connectivity index (χ0v) is 11.2. The summed E-state index contributed by atoms with van der Waals surface area (Å²) in [5, 5.41) is 0.131. The molecule has 3 nitrogen and oxygen atoms in total. The first-order valence-electron chi connectivity index (χ1n) is 4.71. The number of halogens is 4. The normalized spacial score (nSPS) is 10.7. The molecule has 0 aliphatic heterocycles. The van der Waals surface area contributed by atoms with Crippen molar-refractivity contribution in [3.8, 4) is 0 Å². The van der Waals surface area contributed by atoms with Gasteiger partial charge in [0.2, 0.25) is 0 Å². The summed E-state index contributed by atoms with van der Waals surface area (Å²) < 4.78 is 30.3. The number of ether oxygens (including phenoxy) is 1. The first kappa shape index (κ1) is 14.3. The summed E-state index contributed by atoms with van der Waals surface area (Å²) >= 11 is 8.72. The Morgan fingerprint density at radius 1 is 1.65 bits per heavy atom. The number of carbonyl (C=O) groups is 1. The molecule has 0 N–H and O–H groups in total. The molecular formula is C10H9BrClF2NO2. The molecule has 0 atom stereocenters. The van der Waals surface area contributed by atoms with E-state index in [1.807, 2.05) is 0 Å². The van der Waals surface area contributed by atoms with Crippen molar-refractivity contribution in [1.82, 2.24) is 4.98 Å². The first-order chi connectivity index (χ1) is 8.01. The molecular weight excluding hydrogens is 319 g/mol. The molecule has 0 amide bonds. The summed E-state index contributed by atoms with van der Waals surface area (Å²) in [6, 6.07) is 1.36. The van der Waals surface area contributed by atoms with Crippen LogP contribution in [0.5, 0.6) is 0 Å². The van der Waals surface area contributed by atoms with Crippen LogP contribution in [0.25, 0.3) is 0 Å². The van der Waals surface area contributed by atoms with E-state index in [2.05, 4.69) is 20.9 Å². The highest BCUT2D eigenvalue weighted by atomic mass is 79.9. The highest BCUT2D eigenvalue weighted by Gasteiger charge is 2.25. The Bertz CT molecular complexity index is 429. The topological polar surface area (TPSA) is 39.2 Å². The molecule has 17 heavy (non-hydrogen) atoms. The van der Waals surface area contributed by atoms with E-state index in [-0.39, 0.29) is 22.7 Å². The Morgan fingerprint density at radius 3 is 2.76 bits per heavy atom. The lowest BCUT2D eigenvalue weighted by Crippen LogP contribution is -2.13. The van der Waals surface area contributed by atoms with Crippen LogP contribution < -0.4 is 0 Å². The van der Waals surface area contributed by atoms with Crippen molar-refractivity contribution in [3.63, 3.8) is 0 Å². The Labute approximate surface area is 110 Å². The second-order valence-corrected chi connectivity index (χ2v) is 3.97. The summed E-state index contributed by atoms with van der Waals surface area (Å²) in [7, 11) is 0. The Morgan fingerprint density at radius 2 is 2.29 bits per heavy atom. The summed E-state index contributed by atoms with van der Waals surface area (Å²) in [6.45, 7) is 1.70. The number of carbonyl (C=O) groups excluding carboxylic acids is 1. The second kappa shape index (κ2) is 6.26. The van der Waals surface area contributed by atoms with E-state index in [1.54, 1.807) is 6.92 Å². The summed E-state index contributed by atoms with van der Waals surface area (Å²) in [5.41, 5.74) is -0.535. The van der Waals surface area contributed by atoms with E-state index in [9.17, 15) is 13.6 Å². The molecule has 7 heteroatoms. The number of esters is 1. The molecule has 0 aromatic carbocycles. The molecule has 94 valence electrons. The van der Waals surface area contributed by atoms with Gasteiger partial charge in [-0.05, 0) is 18.6 Å². The van der Waals surface area contributed by atoms with E-state index in [0.29, 0.717) is 5.56 Å². The average molecular weight is 329 g/mol. The van der Waals surface area contributed by atoms with E-state index < -0.39 is 18.1 Å². The lowest BCUT2D eigenvalue weighted by Gasteiger charge is -2.11. The molecule has 0 aliphatic rings. The average Bonchev–Trinajstić information content (AvgIpc) is 2.27. The van der Waals surface area contributed by atoms with Crippen LogP contribution >= 0.6 is 27.5 Å². The third kappa shape index (κ3) is 3.35. The van der Waals surface area contributed by atoms with Crippen LogP contribution in [0.4, 0.5) is 8.78 Å². The second-order valence-electron chi connectivity index (χ2n) is 3.02. The van der Waals surface area contributed by atoms with Crippen LogP contribution in [-0.2, 0) is 10.1 Å². The lowest BCUT2D eigenvalue weighted by molar-refractivity contribution is 0.0512. The Balaban J connectivity index is 3.36. The maximum atomic E-state index is 12.8. The van der Waals surface area contributed by atoms with E-state index in [0.717, 1.165) is 0 Å². The molecule has 1 heterocycles. The highest BCUT2D eigenvalue weighted by molar-refractivity contribution is 9.08. The van der Waals surface area contributed by atoms with Crippen LogP contribution in [0.3, 0.4) is 0 Å². The number of nitrogens with zero attached hydrogens (tertiary/aromatic N) is 1. The molecule has 1 aromatic rings. The summed E-state index contributed by atoms with van der Waals surface area (Å²) in [5.74, 6) is -0.818. The maximum Gasteiger partial charge on any atom is 0.340 e. The standard InChI is InChI=1S/C10H9BrClF2NO2/c1-2-17-10(16)7-5(4-11)3-6(12)15-8(7)9(13)14/h3,9H,2,4H2,1H3. The third-order valence-electron chi connectivity index (χ3n) is 1.93. The number of aromatic nitrogens is 1. The molecule has 0 aliphatic carbocycles. The van der Waals surface area contributed by atoms with Gasteiger partial charge in [0.05, 0.1) is 12.2 Å². The summed E-state index contributed by atoms with van der Waals surface area (Å²) in [6.07, 6.45) is -2.88. The molecule has 0 radical (unpaired) electrons. The molecule has 0 spiro atoms. The third-order valence-corrected chi connectivity index (χ3v) is 2.73. The number of hydrogen-bond donors (Lipinski definition) is 0. The zero-order valence-electron chi connectivity index (χ0n) is 8.84. The number of alkyl halides is 3. The molecule has 1 rings (SSSR count). The molecule has 0 saturated carbocycles. The van der Waals surface area contributed by atoms with Crippen molar-refractivity contribution in [2.24, 2.45) is 0 Å². The minimum Gasteiger partial charge on any atom is -0.462 e. The van der Waals surface area contributed by atoms with Crippen LogP contribution in [0.2, 0.25) is 5.15 Å². The number of pyridine rings is 1. The largest absolute Gasteiger partial charge is 0.462 e. The quantitative estimate of drug-likeness (QED) is 0.480. The molecule has 0 unspecified atom stereocenters. The van der Waals surface area contributed by atoms with Crippen LogP contribution in [0.15, 0.2) is 6.07 Å². The molecule has 0 fully saturated rings. The van der Waals surface area contributed by atoms with Gasteiger partial charge >= 0.3 is 5.97 Å². The van der Waals surface area contributed by atoms with Gasteiger partial charge in [-0.15, -0.1) is 0 Å². The number of hydrogen-bond acceptors (Lipinski definition) is 3. The lowest BCUT2D eigenvalue weighted by atomic mass is 10.1. The SMILES string of the molecule is CCOC(=O)c1c(CBr)cc(Cl)nc1C(F)F. The Kier molecular flexibility index (Phi) is 5.27. The fraction of sp³-hybridized carbons (Fsp3) is 0.400. The van der Waals surface area contributed by atoms with Gasteiger partial charge in [0.25, 0.3) is 6.43 Å². The van der Waals surface area contributed by atoms with Crippen LogP contribution in [0, 0.1) is 0 Å². The van der Waals surface area contributed by atoms with Crippen molar-refractivity contribution in [2.75, 3.05) is 6.61 Å². The van der Waals surface area contributed by atoms with Crippen molar-refractivity contribution in [1.29, 1.82) is 0 Å². The summed E-state index contributed by atoms with van der Waals surface area (Å²) in [4.78, 5) is 15.1. The monoisotopic (exact) mass is 327 g/mol. The van der Waals surface area contributed by atoms with Gasteiger partial charge in [-0.3, -0.25) is 0 Å². The van der Waals surface area contributed by atoms with Crippen LogP contribution in [-0.4, -0.2) is 17.6 Å². The van der Waals surface area contributed by atoms with E-state index >= 15 is 0 Å². The van der Waals surface area contributed by atoms with Crippen molar-refractivity contribution in [3.05, 3.63) is 28.0 Å². The van der Waals surface area contributed by atoms with Gasteiger partial charge in [0.15, 0.2) is 0 Å². The van der Waals surface area contributed by atoms with Gasteiger partial charge in [-0.25, -0.2) is 18.6 Å². The smallest absolute Gasteiger partial charge is 0.340 e. The van der Waals surface area contributed by atoms with Gasteiger partial charge in [-0.1, -0.05) is 27.5 Å². The minimum absolute atomic E-state index is 0.0807. The predicted molar refractivity (Wildman–Crippen MR) is 62.8 cm³/mol. The van der Waals surface area contributed by atoms with Crippen molar-refractivity contribution < 1.29 is 18.3 Å². The van der Waals surface area contributed by atoms with Crippen molar-refractivity contribution >= 4 is 33.5 Å². The van der Waals surface area contributed by atoms with Gasteiger partial charge < -0.3 is 4.74 Å². The van der Waals surface area contributed by atoms with Gasteiger partial charge in [-0.2, -0.15) is 0 Å². The minimum atomic E-state index is -2.88. The molecule has 0 bridgehead atoms. The maximum absolute atomic E-state index is 12.8. The van der Waals surface area contributed by atoms with E-state index in [4.69, 9.17) is 16.3 Å². The van der Waals surface area contributed by atoms with Crippen molar-refractivity contribution in [2.45, 2.75) is 18.7 Å². The molecule has 1 aromatic heterocycles. The van der Waals surface area contributed by atoms with E-state index in [1.165, 1.54) is 6.07 Å². The van der Waals surface area contributed by atoms with Gasteiger partial charge in [0.1, 0.15) is 10.8 Å². The van der Waals surface area contributed by atoms with Gasteiger partial charge in [0, 0.05) is 5.33 Å². The predicted octanol–water partition coefficient (Wildman–Crippen LogP) is 3.74. The fourth-order valence-corrected chi connectivity index (χ4v) is 1.95. The zero-order chi connectivity index (χ0) is 13.0. The number of rotatable bonds is 4. The first-order valence-corrected chi connectivity index (χ1v) is 6.21. The Hall–Kier alpha value is -0.750. The fourth-order valence-electron chi connectivity index (χ4n) is 1.29. The van der Waals surface area contributed by atoms with Crippen LogP contribution in [0.1, 0.15) is 35.0 Å².